The van der Waals surface area contributed by atoms with Crippen LogP contribution in [-0.4, -0.2) is 27.8 Å². The molecule has 3 N–H and O–H groups in total. The van der Waals surface area contributed by atoms with Crippen molar-refractivity contribution in [3.8, 4) is 0 Å². The van der Waals surface area contributed by atoms with Crippen molar-refractivity contribution in [2.45, 2.75) is 0 Å². The first-order valence-corrected chi connectivity index (χ1v) is 2.74. The van der Waals surface area contributed by atoms with Gasteiger partial charge in [-0.25, -0.2) is 5.43 Å². The molecule has 0 aromatic heterocycles. The van der Waals surface area contributed by atoms with Crippen LogP contribution >= 0.6 is 0 Å². The lowest BCUT2D eigenvalue weighted by Crippen LogP contribution is -2.37. The number of aliphatic carboxylic acids is 1. The second-order valence-corrected chi connectivity index (χ2v) is 1.78. The largest absolute Gasteiger partial charge is 0.492 e. The summed E-state index contributed by atoms with van der Waals surface area (Å²) in [6.45, 7) is -0.360. The van der Waals surface area contributed by atoms with E-state index in [1.54, 1.807) is 0 Å². The molecule has 7 nitrogen and oxygen atoms in total. The van der Waals surface area contributed by atoms with Gasteiger partial charge in [-0.3, -0.25) is 4.79 Å². The van der Waals surface area contributed by atoms with Crippen LogP contribution in [0.15, 0.2) is 22.4 Å². The number of aliphatic hydroxyl groups is 1. The first-order chi connectivity index (χ1) is 5.18. The Morgan fingerprint density at radius 2 is 2.55 bits per heavy atom. The molecule has 1 aliphatic rings. The van der Waals surface area contributed by atoms with Crippen LogP contribution in [0.1, 0.15) is 0 Å². The normalized spacial score (nSPS) is 15.6. The van der Waals surface area contributed by atoms with Crippen molar-refractivity contribution in [1.29, 1.82) is 0 Å². The Morgan fingerprint density at radius 1 is 1.82 bits per heavy atom. The van der Waals surface area contributed by atoms with Gasteiger partial charge in [0.2, 0.25) is 5.88 Å². The molecule has 0 amide bonds. The summed E-state index contributed by atoms with van der Waals surface area (Å²) >= 11 is 0. The van der Waals surface area contributed by atoms with Crippen LogP contribution in [0.5, 0.6) is 0 Å². The van der Waals surface area contributed by atoms with Gasteiger partial charge in [-0.15, -0.1) is 5.11 Å². The highest BCUT2D eigenvalue weighted by molar-refractivity contribution is 5.68. The molecule has 0 aromatic rings. The first kappa shape index (κ1) is 7.32. The highest BCUT2D eigenvalue weighted by Crippen LogP contribution is 1.97. The molecule has 1 heterocycles. The summed E-state index contributed by atoms with van der Waals surface area (Å²) < 4.78 is 0. The number of hydrazine groups is 1. The number of carbonyl (C=O) groups is 1. The third-order valence-electron chi connectivity index (χ3n) is 0.868. The fourth-order valence-corrected chi connectivity index (χ4v) is 0.526. The maximum Gasteiger partial charge on any atom is 0.327 e. The number of carboxylic acid groups (broad SMARTS) is 1. The number of carboxylic acids is 1. The van der Waals surface area contributed by atoms with Crippen molar-refractivity contribution in [2.75, 3.05) is 6.54 Å². The molecule has 0 aromatic carbocycles. The van der Waals surface area contributed by atoms with E-state index in [0.717, 1.165) is 11.3 Å². The Kier molecular flexibility index (Phi) is 1.90. The Balaban J connectivity index is 2.46. The van der Waals surface area contributed by atoms with E-state index in [1.807, 2.05) is 0 Å². The molecular weight excluding hydrogens is 152 g/mol. The van der Waals surface area contributed by atoms with Crippen LogP contribution in [-0.2, 0) is 4.79 Å². The first-order valence-electron chi connectivity index (χ1n) is 2.74. The summed E-state index contributed by atoms with van der Waals surface area (Å²) in [5.41, 5.74) is 2.26. The third kappa shape index (κ3) is 2.12. The molecule has 1 rings (SSSR count). The van der Waals surface area contributed by atoms with Crippen LogP contribution in [0.2, 0.25) is 0 Å². The van der Waals surface area contributed by atoms with Crippen molar-refractivity contribution in [1.82, 2.24) is 10.5 Å². The highest BCUT2D eigenvalue weighted by atomic mass is 16.4. The van der Waals surface area contributed by atoms with E-state index < -0.39 is 5.97 Å². The van der Waals surface area contributed by atoms with Crippen LogP contribution in [0.4, 0.5) is 0 Å². The van der Waals surface area contributed by atoms with Gasteiger partial charge in [-0.1, -0.05) is 5.22 Å². The number of nitrogens with zero attached hydrogens (tertiary/aromatic N) is 3. The zero-order chi connectivity index (χ0) is 8.27. The second kappa shape index (κ2) is 2.86. The molecule has 0 fully saturated rings. The molecule has 1 aliphatic heterocycles. The van der Waals surface area contributed by atoms with Gasteiger partial charge in [0, 0.05) is 0 Å². The van der Waals surface area contributed by atoms with Gasteiger partial charge >= 0.3 is 5.97 Å². The monoisotopic (exact) mass is 158 g/mol. The van der Waals surface area contributed by atoms with E-state index in [9.17, 15) is 4.79 Å². The van der Waals surface area contributed by atoms with E-state index >= 15 is 0 Å². The summed E-state index contributed by atoms with van der Waals surface area (Å²) in [4.78, 5) is 10.1. The molecule has 7 heteroatoms. The summed E-state index contributed by atoms with van der Waals surface area (Å²) in [5.74, 6) is -1.30. The molecule has 0 spiro atoms. The zero-order valence-corrected chi connectivity index (χ0v) is 5.43. The molecule has 0 aliphatic carbocycles. The van der Waals surface area contributed by atoms with E-state index in [-0.39, 0.29) is 12.4 Å². The second-order valence-electron chi connectivity index (χ2n) is 1.78. The number of rotatable bonds is 2. The van der Waals surface area contributed by atoms with Crippen molar-refractivity contribution in [3.63, 3.8) is 0 Å². The zero-order valence-electron chi connectivity index (χ0n) is 5.43. The number of aliphatic hydroxyl groups excluding tert-OH is 1. The van der Waals surface area contributed by atoms with Crippen LogP contribution < -0.4 is 5.43 Å². The smallest absolute Gasteiger partial charge is 0.327 e. The van der Waals surface area contributed by atoms with E-state index in [1.165, 1.54) is 0 Å². The number of hydrogen-bond acceptors (Lipinski definition) is 6. The Hall–Kier alpha value is -1.79. The predicted molar refractivity (Wildman–Crippen MR) is 33.0 cm³/mol. The molecule has 0 saturated carbocycles. The molecule has 0 atom stereocenters. The maximum absolute atomic E-state index is 10.1. The highest BCUT2D eigenvalue weighted by Gasteiger charge is 2.10. The van der Waals surface area contributed by atoms with Gasteiger partial charge in [0.05, 0.1) is 0 Å². The minimum Gasteiger partial charge on any atom is -0.492 e. The fourth-order valence-electron chi connectivity index (χ4n) is 0.526. The van der Waals surface area contributed by atoms with Crippen molar-refractivity contribution in [3.05, 3.63) is 12.1 Å². The summed E-state index contributed by atoms with van der Waals surface area (Å²) in [7, 11) is 0. The van der Waals surface area contributed by atoms with Crippen LogP contribution in [0, 0.1) is 0 Å². The Morgan fingerprint density at radius 3 is 3.09 bits per heavy atom. The minimum absolute atomic E-state index is 0.235. The Bertz CT molecular complexity index is 221. The van der Waals surface area contributed by atoms with Gasteiger partial charge in [-0.05, 0) is 0 Å². The summed E-state index contributed by atoms with van der Waals surface area (Å²) in [6.07, 6.45) is 1.07. The van der Waals surface area contributed by atoms with Crippen molar-refractivity contribution >= 4 is 5.97 Å². The quantitative estimate of drug-likeness (QED) is 0.508. The average molecular weight is 158 g/mol. The average Bonchev–Trinajstić information content (AvgIpc) is 1.85. The van der Waals surface area contributed by atoms with Gasteiger partial charge in [0.25, 0.3) is 0 Å². The number of hydrogen-bond donors (Lipinski definition) is 3. The van der Waals surface area contributed by atoms with Crippen LogP contribution in [0.3, 0.4) is 0 Å². The van der Waals surface area contributed by atoms with E-state index in [0.29, 0.717) is 0 Å². The lowest BCUT2D eigenvalue weighted by molar-refractivity contribution is -0.139. The summed E-state index contributed by atoms with van der Waals surface area (Å²) in [6, 6.07) is 0. The minimum atomic E-state index is -1.06. The molecular formula is C4H6N4O3. The van der Waals surface area contributed by atoms with Gasteiger partial charge < -0.3 is 10.2 Å². The fraction of sp³-hybridized carbons (Fsp3) is 0.250. The molecule has 0 saturated heterocycles. The Labute approximate surface area is 61.6 Å². The van der Waals surface area contributed by atoms with Gasteiger partial charge in [0.15, 0.2) is 6.54 Å². The molecule has 0 unspecified atom stereocenters. The topological polar surface area (TPSA) is 97.5 Å². The predicted octanol–water partition coefficient (Wildman–Crippen LogP) is -0.385. The standard InChI is InChI=1S/C4H6N4O3/c9-3-1-5-7-8(6-3)2-4(10)11/h1,6,9H,2H2,(H,10,11). The molecule has 0 bridgehead atoms. The van der Waals surface area contributed by atoms with Crippen molar-refractivity contribution < 1.29 is 15.0 Å². The summed E-state index contributed by atoms with van der Waals surface area (Å²) in [5, 5.41) is 24.6. The number of nitrogens with one attached hydrogen (secondary N) is 1. The molecule has 0 radical (unpaired) electrons. The van der Waals surface area contributed by atoms with Crippen LogP contribution in [0.25, 0.3) is 0 Å². The van der Waals surface area contributed by atoms with E-state index in [4.69, 9.17) is 10.2 Å². The maximum atomic E-state index is 10.1. The third-order valence-corrected chi connectivity index (χ3v) is 0.868. The lowest BCUT2D eigenvalue weighted by atomic mass is 10.7. The van der Waals surface area contributed by atoms with Gasteiger partial charge in [0.1, 0.15) is 6.20 Å². The van der Waals surface area contributed by atoms with Crippen molar-refractivity contribution in [2.24, 2.45) is 10.3 Å². The van der Waals surface area contributed by atoms with E-state index in [2.05, 4.69) is 15.8 Å². The molecule has 60 valence electrons. The van der Waals surface area contributed by atoms with Gasteiger partial charge in [-0.2, -0.15) is 5.12 Å². The lowest BCUT2D eigenvalue weighted by Gasteiger charge is -2.17. The molecule has 11 heavy (non-hydrogen) atoms. The SMILES string of the molecule is O=C(O)CN1N=NC=C(O)N1.